The molecule has 0 bridgehead atoms. The van der Waals surface area contributed by atoms with Gasteiger partial charge in [0.25, 0.3) is 0 Å². The second kappa shape index (κ2) is 7.14. The van der Waals surface area contributed by atoms with Crippen LogP contribution in [0.5, 0.6) is 0 Å². The van der Waals surface area contributed by atoms with E-state index in [9.17, 15) is 5.11 Å². The Balaban J connectivity index is 1.98. The van der Waals surface area contributed by atoms with E-state index in [0.717, 1.165) is 52.1 Å². The molecular formula is C18H19BrClNO. The lowest BCUT2D eigenvalue weighted by Gasteiger charge is -2.29. The number of nitrogens with one attached hydrogen (secondary N) is 1. The summed E-state index contributed by atoms with van der Waals surface area (Å²) in [6, 6.07) is 13.9. The maximum absolute atomic E-state index is 10.9. The molecule has 1 atom stereocenters. The van der Waals surface area contributed by atoms with E-state index in [0.29, 0.717) is 5.92 Å². The zero-order valence-corrected chi connectivity index (χ0v) is 14.6. The molecule has 0 radical (unpaired) electrons. The average molecular weight is 381 g/mol. The maximum atomic E-state index is 10.9. The molecular weight excluding hydrogens is 362 g/mol. The number of benzene rings is 2. The average Bonchev–Trinajstić information content (AvgIpc) is 2.56. The van der Waals surface area contributed by atoms with Gasteiger partial charge in [0, 0.05) is 9.50 Å². The highest BCUT2D eigenvalue weighted by atomic mass is 79.9. The molecule has 1 aliphatic rings. The van der Waals surface area contributed by atoms with Gasteiger partial charge in [0.2, 0.25) is 0 Å². The lowest BCUT2D eigenvalue weighted by atomic mass is 9.85. The minimum Gasteiger partial charge on any atom is -0.388 e. The molecule has 0 amide bonds. The van der Waals surface area contributed by atoms with Crippen molar-refractivity contribution in [2.75, 3.05) is 13.1 Å². The van der Waals surface area contributed by atoms with Gasteiger partial charge in [0.1, 0.15) is 0 Å². The SMILES string of the molecule is OC(c1cc(Br)ccc1-c1ccc(Cl)cc1)C1CCNCC1. The van der Waals surface area contributed by atoms with Gasteiger partial charge in [-0.2, -0.15) is 0 Å². The maximum Gasteiger partial charge on any atom is 0.0825 e. The minimum absolute atomic E-state index is 0.307. The van der Waals surface area contributed by atoms with Gasteiger partial charge in [-0.05, 0) is 72.8 Å². The molecule has 3 rings (SSSR count). The number of aliphatic hydroxyl groups excluding tert-OH is 1. The third kappa shape index (κ3) is 3.54. The van der Waals surface area contributed by atoms with Crippen LogP contribution in [0.2, 0.25) is 5.02 Å². The third-order valence-electron chi connectivity index (χ3n) is 4.32. The molecule has 0 aromatic heterocycles. The molecule has 2 N–H and O–H groups in total. The van der Waals surface area contributed by atoms with Gasteiger partial charge in [-0.1, -0.05) is 45.7 Å². The van der Waals surface area contributed by atoms with Crippen molar-refractivity contribution in [3.05, 3.63) is 57.5 Å². The van der Waals surface area contributed by atoms with Crippen LogP contribution in [0.3, 0.4) is 0 Å². The fraction of sp³-hybridized carbons (Fsp3) is 0.333. The molecule has 0 spiro atoms. The first-order chi connectivity index (χ1) is 10.6. The largest absolute Gasteiger partial charge is 0.388 e. The molecule has 1 fully saturated rings. The smallest absolute Gasteiger partial charge is 0.0825 e. The van der Waals surface area contributed by atoms with E-state index >= 15 is 0 Å². The van der Waals surface area contributed by atoms with Crippen molar-refractivity contribution in [2.45, 2.75) is 18.9 Å². The normalized spacial score (nSPS) is 17.4. The Hall–Kier alpha value is -0.870. The second-order valence-electron chi connectivity index (χ2n) is 5.77. The summed E-state index contributed by atoms with van der Waals surface area (Å²) in [6.45, 7) is 1.96. The molecule has 1 aliphatic heterocycles. The fourth-order valence-corrected chi connectivity index (χ4v) is 3.59. The monoisotopic (exact) mass is 379 g/mol. The highest BCUT2D eigenvalue weighted by Gasteiger charge is 2.25. The molecule has 22 heavy (non-hydrogen) atoms. The van der Waals surface area contributed by atoms with E-state index in [1.165, 1.54) is 0 Å². The summed E-state index contributed by atoms with van der Waals surface area (Å²) in [4.78, 5) is 0. The van der Waals surface area contributed by atoms with Crippen molar-refractivity contribution < 1.29 is 5.11 Å². The number of hydrogen-bond donors (Lipinski definition) is 2. The molecule has 1 saturated heterocycles. The number of hydrogen-bond acceptors (Lipinski definition) is 2. The molecule has 4 heteroatoms. The summed E-state index contributed by atoms with van der Waals surface area (Å²) in [7, 11) is 0. The van der Waals surface area contributed by atoms with Crippen LogP contribution in [0.4, 0.5) is 0 Å². The molecule has 1 heterocycles. The van der Waals surface area contributed by atoms with E-state index in [2.05, 4.69) is 27.3 Å². The van der Waals surface area contributed by atoms with Crippen LogP contribution in [-0.4, -0.2) is 18.2 Å². The predicted octanol–water partition coefficient (Wildman–Crippen LogP) is 4.80. The fourth-order valence-electron chi connectivity index (χ4n) is 3.08. The van der Waals surface area contributed by atoms with Crippen molar-refractivity contribution in [3.8, 4) is 11.1 Å². The van der Waals surface area contributed by atoms with E-state index in [-0.39, 0.29) is 0 Å². The van der Waals surface area contributed by atoms with E-state index < -0.39 is 6.10 Å². The first-order valence-corrected chi connectivity index (χ1v) is 8.76. The minimum atomic E-state index is -0.440. The predicted molar refractivity (Wildman–Crippen MR) is 95.1 cm³/mol. The van der Waals surface area contributed by atoms with Crippen molar-refractivity contribution in [1.82, 2.24) is 5.32 Å². The van der Waals surface area contributed by atoms with Crippen molar-refractivity contribution in [2.24, 2.45) is 5.92 Å². The molecule has 2 aromatic carbocycles. The molecule has 2 aromatic rings. The molecule has 0 saturated carbocycles. The van der Waals surface area contributed by atoms with Gasteiger partial charge in [-0.15, -0.1) is 0 Å². The Bertz CT molecular complexity index is 638. The molecule has 2 nitrogen and oxygen atoms in total. The Morgan fingerprint density at radius 3 is 2.45 bits per heavy atom. The zero-order valence-electron chi connectivity index (χ0n) is 12.2. The van der Waals surface area contributed by atoms with E-state index in [1.807, 2.05) is 36.4 Å². The summed E-state index contributed by atoms with van der Waals surface area (Å²) in [5.41, 5.74) is 3.15. The van der Waals surface area contributed by atoms with Gasteiger partial charge in [0.15, 0.2) is 0 Å². The summed E-state index contributed by atoms with van der Waals surface area (Å²) < 4.78 is 0.994. The van der Waals surface area contributed by atoms with Crippen LogP contribution in [-0.2, 0) is 0 Å². The third-order valence-corrected chi connectivity index (χ3v) is 5.06. The van der Waals surface area contributed by atoms with Crippen molar-refractivity contribution in [1.29, 1.82) is 0 Å². The standard InChI is InChI=1S/C18H19BrClNO/c19-14-3-6-16(12-1-4-15(20)5-2-12)17(11-14)18(22)13-7-9-21-10-8-13/h1-6,11,13,18,21-22H,7-10H2. The van der Waals surface area contributed by atoms with Gasteiger partial charge >= 0.3 is 0 Å². The van der Waals surface area contributed by atoms with Crippen molar-refractivity contribution >= 4 is 27.5 Å². The summed E-state index contributed by atoms with van der Waals surface area (Å²) in [5.74, 6) is 0.307. The van der Waals surface area contributed by atoms with Gasteiger partial charge in [0.05, 0.1) is 6.10 Å². The van der Waals surface area contributed by atoms with Crippen LogP contribution >= 0.6 is 27.5 Å². The Kier molecular flexibility index (Phi) is 5.19. The van der Waals surface area contributed by atoms with Crippen LogP contribution in [0, 0.1) is 5.92 Å². The summed E-state index contributed by atoms with van der Waals surface area (Å²) in [5, 5.41) is 15.0. The van der Waals surface area contributed by atoms with E-state index in [4.69, 9.17) is 11.6 Å². The molecule has 116 valence electrons. The second-order valence-corrected chi connectivity index (χ2v) is 7.12. The quantitative estimate of drug-likeness (QED) is 0.801. The number of aliphatic hydroxyl groups is 1. The van der Waals surface area contributed by atoms with Crippen molar-refractivity contribution in [3.63, 3.8) is 0 Å². The Morgan fingerprint density at radius 1 is 1.09 bits per heavy atom. The first-order valence-electron chi connectivity index (χ1n) is 7.59. The highest BCUT2D eigenvalue weighted by molar-refractivity contribution is 9.10. The van der Waals surface area contributed by atoms with E-state index in [1.54, 1.807) is 0 Å². The van der Waals surface area contributed by atoms with Gasteiger partial charge < -0.3 is 10.4 Å². The topological polar surface area (TPSA) is 32.3 Å². The number of rotatable bonds is 3. The number of halogens is 2. The van der Waals surface area contributed by atoms with Gasteiger partial charge in [-0.25, -0.2) is 0 Å². The molecule has 1 unspecified atom stereocenters. The Labute approximate surface area is 144 Å². The first kappa shape index (κ1) is 16.0. The number of piperidine rings is 1. The van der Waals surface area contributed by atoms with Crippen LogP contribution in [0.25, 0.3) is 11.1 Å². The zero-order chi connectivity index (χ0) is 15.5. The van der Waals surface area contributed by atoms with Crippen LogP contribution in [0.1, 0.15) is 24.5 Å². The Morgan fingerprint density at radius 2 is 1.77 bits per heavy atom. The van der Waals surface area contributed by atoms with Crippen LogP contribution in [0.15, 0.2) is 46.9 Å². The molecule has 0 aliphatic carbocycles. The lowest BCUT2D eigenvalue weighted by Crippen LogP contribution is -2.31. The lowest BCUT2D eigenvalue weighted by molar-refractivity contribution is 0.0893. The highest BCUT2D eigenvalue weighted by Crippen LogP contribution is 2.37. The summed E-state index contributed by atoms with van der Waals surface area (Å²) >= 11 is 9.51. The van der Waals surface area contributed by atoms with Crippen LogP contribution < -0.4 is 5.32 Å². The summed E-state index contributed by atoms with van der Waals surface area (Å²) in [6.07, 6.45) is 1.58. The van der Waals surface area contributed by atoms with Gasteiger partial charge in [-0.3, -0.25) is 0 Å².